The summed E-state index contributed by atoms with van der Waals surface area (Å²) >= 11 is 0. The Morgan fingerprint density at radius 1 is 1.29 bits per heavy atom. The summed E-state index contributed by atoms with van der Waals surface area (Å²) in [7, 11) is -2.87. The molecule has 1 saturated carbocycles. The third-order valence-electron chi connectivity index (χ3n) is 3.79. The van der Waals surface area contributed by atoms with Gasteiger partial charge < -0.3 is 5.32 Å². The van der Waals surface area contributed by atoms with Gasteiger partial charge in [-0.05, 0) is 38.1 Å². The molecule has 0 spiro atoms. The van der Waals surface area contributed by atoms with Crippen LogP contribution in [0.5, 0.6) is 0 Å². The Bertz CT molecular complexity index is 313. The van der Waals surface area contributed by atoms with Crippen LogP contribution in [0.2, 0.25) is 0 Å². The maximum Gasteiger partial charge on any atom is 0.153 e. The van der Waals surface area contributed by atoms with Crippen molar-refractivity contribution in [2.45, 2.75) is 64.2 Å². The van der Waals surface area contributed by atoms with Gasteiger partial charge in [-0.1, -0.05) is 27.2 Å². The molecule has 1 rings (SSSR count). The molecule has 1 fully saturated rings. The van der Waals surface area contributed by atoms with Gasteiger partial charge in [-0.2, -0.15) is 0 Å². The molecule has 0 amide bonds. The van der Waals surface area contributed by atoms with E-state index in [-0.39, 0.29) is 5.25 Å². The molecule has 0 aromatic rings. The van der Waals surface area contributed by atoms with Crippen molar-refractivity contribution in [3.8, 4) is 0 Å². The molecule has 0 radical (unpaired) electrons. The van der Waals surface area contributed by atoms with Gasteiger partial charge in [0, 0.05) is 6.04 Å². The maximum absolute atomic E-state index is 12.2. The molecular formula is C13H27NO2S. The van der Waals surface area contributed by atoms with E-state index in [0.717, 1.165) is 38.6 Å². The van der Waals surface area contributed by atoms with Crippen molar-refractivity contribution >= 4 is 9.84 Å². The molecule has 1 aliphatic carbocycles. The fraction of sp³-hybridized carbons (Fsp3) is 1.00. The fourth-order valence-electron chi connectivity index (χ4n) is 2.45. The van der Waals surface area contributed by atoms with E-state index in [1.165, 1.54) is 0 Å². The van der Waals surface area contributed by atoms with Gasteiger partial charge in [0.25, 0.3) is 0 Å². The second-order valence-electron chi connectivity index (χ2n) is 5.43. The summed E-state index contributed by atoms with van der Waals surface area (Å²) in [6, 6.07) is 0.423. The highest BCUT2D eigenvalue weighted by Crippen LogP contribution is 2.27. The molecular weight excluding hydrogens is 234 g/mol. The van der Waals surface area contributed by atoms with Crippen molar-refractivity contribution in [3.63, 3.8) is 0 Å². The molecule has 3 nitrogen and oxygen atoms in total. The van der Waals surface area contributed by atoms with E-state index < -0.39 is 9.84 Å². The Balaban J connectivity index is 2.46. The summed E-state index contributed by atoms with van der Waals surface area (Å²) in [5, 5.41) is 3.34. The highest BCUT2D eigenvalue weighted by molar-refractivity contribution is 7.92. The molecule has 1 N–H and O–H groups in total. The van der Waals surface area contributed by atoms with Crippen LogP contribution in [0.1, 0.15) is 52.9 Å². The van der Waals surface area contributed by atoms with E-state index in [2.05, 4.69) is 19.2 Å². The van der Waals surface area contributed by atoms with Crippen LogP contribution in [-0.4, -0.2) is 32.0 Å². The number of nitrogens with one attached hydrogen (secondary N) is 1. The molecule has 3 atom stereocenters. The largest absolute Gasteiger partial charge is 0.314 e. The monoisotopic (exact) mass is 261 g/mol. The second kappa shape index (κ2) is 6.74. The van der Waals surface area contributed by atoms with Crippen LogP contribution in [-0.2, 0) is 9.84 Å². The van der Waals surface area contributed by atoms with E-state index in [1.807, 2.05) is 6.92 Å². The molecule has 17 heavy (non-hydrogen) atoms. The zero-order chi connectivity index (χ0) is 12.9. The van der Waals surface area contributed by atoms with Crippen LogP contribution >= 0.6 is 0 Å². The van der Waals surface area contributed by atoms with Gasteiger partial charge in [0.15, 0.2) is 9.84 Å². The average molecular weight is 261 g/mol. The van der Waals surface area contributed by atoms with Gasteiger partial charge in [-0.15, -0.1) is 0 Å². The van der Waals surface area contributed by atoms with E-state index in [4.69, 9.17) is 0 Å². The minimum absolute atomic E-state index is 0.0918. The first-order chi connectivity index (χ1) is 7.99. The van der Waals surface area contributed by atoms with Crippen LogP contribution in [0.15, 0.2) is 0 Å². The van der Waals surface area contributed by atoms with E-state index in [0.29, 0.717) is 17.7 Å². The fourth-order valence-corrected chi connectivity index (χ4v) is 4.77. The van der Waals surface area contributed by atoms with Crippen molar-refractivity contribution in [1.82, 2.24) is 5.32 Å². The number of sulfone groups is 1. The second-order valence-corrected chi connectivity index (χ2v) is 7.75. The lowest BCUT2D eigenvalue weighted by Crippen LogP contribution is -2.30. The summed E-state index contributed by atoms with van der Waals surface area (Å²) in [6.45, 7) is 7.22. The number of hydrogen-bond acceptors (Lipinski definition) is 3. The normalized spacial score (nSPS) is 27.2. The van der Waals surface area contributed by atoms with Gasteiger partial charge in [-0.3, -0.25) is 0 Å². The minimum Gasteiger partial charge on any atom is -0.314 e. The van der Waals surface area contributed by atoms with E-state index >= 15 is 0 Å². The Morgan fingerprint density at radius 2 is 2.00 bits per heavy atom. The lowest BCUT2D eigenvalue weighted by molar-refractivity contribution is 0.517. The zero-order valence-corrected chi connectivity index (χ0v) is 12.2. The Labute approximate surface area is 106 Å². The first-order valence-electron chi connectivity index (χ1n) is 6.94. The third-order valence-corrected chi connectivity index (χ3v) is 6.27. The predicted molar refractivity (Wildman–Crippen MR) is 73.0 cm³/mol. The van der Waals surface area contributed by atoms with Crippen LogP contribution < -0.4 is 5.32 Å². The summed E-state index contributed by atoms with van der Waals surface area (Å²) in [5.74, 6) is 0.664. The molecule has 102 valence electrons. The van der Waals surface area contributed by atoms with Crippen molar-refractivity contribution in [1.29, 1.82) is 0 Å². The van der Waals surface area contributed by atoms with Crippen LogP contribution in [0.4, 0.5) is 0 Å². The molecule has 0 aromatic heterocycles. The minimum atomic E-state index is -2.87. The molecule has 0 saturated heterocycles. The average Bonchev–Trinajstić information content (AvgIpc) is 2.75. The summed E-state index contributed by atoms with van der Waals surface area (Å²) in [4.78, 5) is 0. The van der Waals surface area contributed by atoms with Crippen molar-refractivity contribution < 1.29 is 8.42 Å². The highest BCUT2D eigenvalue weighted by Gasteiger charge is 2.34. The first-order valence-corrected chi connectivity index (χ1v) is 8.66. The smallest absolute Gasteiger partial charge is 0.153 e. The Hall–Kier alpha value is -0.0900. The van der Waals surface area contributed by atoms with Crippen molar-refractivity contribution in [2.75, 3.05) is 12.3 Å². The molecule has 4 heteroatoms. The topological polar surface area (TPSA) is 46.2 Å². The molecule has 0 bridgehead atoms. The van der Waals surface area contributed by atoms with Gasteiger partial charge in [0.05, 0.1) is 11.0 Å². The highest BCUT2D eigenvalue weighted by atomic mass is 32.2. The van der Waals surface area contributed by atoms with Crippen LogP contribution in [0.25, 0.3) is 0 Å². The van der Waals surface area contributed by atoms with Gasteiger partial charge in [0.2, 0.25) is 0 Å². The standard InChI is InChI=1S/C13H27NO2S/c1-4-8-14-12-6-7-13(9-12)17(15,16)10-11(3)5-2/h11-14H,4-10H2,1-3H3. The van der Waals surface area contributed by atoms with Gasteiger partial charge in [0.1, 0.15) is 0 Å². The molecule has 0 aromatic carbocycles. The summed E-state index contributed by atoms with van der Waals surface area (Å²) in [5.41, 5.74) is 0. The number of hydrogen-bond donors (Lipinski definition) is 1. The van der Waals surface area contributed by atoms with E-state index in [1.54, 1.807) is 0 Å². The van der Waals surface area contributed by atoms with Crippen LogP contribution in [0.3, 0.4) is 0 Å². The van der Waals surface area contributed by atoms with Gasteiger partial charge in [-0.25, -0.2) is 8.42 Å². The van der Waals surface area contributed by atoms with Crippen LogP contribution in [0, 0.1) is 5.92 Å². The molecule has 3 unspecified atom stereocenters. The zero-order valence-electron chi connectivity index (χ0n) is 11.4. The lowest BCUT2D eigenvalue weighted by atomic mass is 10.2. The lowest BCUT2D eigenvalue weighted by Gasteiger charge is -2.16. The molecule has 0 heterocycles. The van der Waals surface area contributed by atoms with Crippen molar-refractivity contribution in [3.05, 3.63) is 0 Å². The molecule has 0 aliphatic heterocycles. The SMILES string of the molecule is CCCNC1CCC(S(=O)(=O)CC(C)CC)C1. The van der Waals surface area contributed by atoms with Crippen molar-refractivity contribution in [2.24, 2.45) is 5.92 Å². The number of rotatable bonds is 7. The summed E-state index contributed by atoms with van der Waals surface area (Å²) in [6.07, 6.45) is 4.74. The quantitative estimate of drug-likeness (QED) is 0.765. The molecule has 1 aliphatic rings. The maximum atomic E-state index is 12.2. The predicted octanol–water partition coefficient (Wildman–Crippen LogP) is 2.37. The first kappa shape index (κ1) is 15.0. The Morgan fingerprint density at radius 3 is 2.59 bits per heavy atom. The summed E-state index contributed by atoms with van der Waals surface area (Å²) < 4.78 is 24.4. The Kier molecular flexibility index (Phi) is 5.93. The third kappa shape index (κ3) is 4.59. The van der Waals surface area contributed by atoms with Gasteiger partial charge >= 0.3 is 0 Å². The van der Waals surface area contributed by atoms with E-state index in [9.17, 15) is 8.42 Å².